The molecule has 0 unspecified atom stereocenters. The molecule has 0 bridgehead atoms. The molecule has 5 aromatic rings. The SMILES string of the molecule is COc1ccc(-c2nc(-c3ccc(F)cc3)[nH]c2-c2c[nH]c3ccc(OC)cc23)cc1. The number of H-pyrrole nitrogens is 2. The van der Waals surface area contributed by atoms with E-state index in [0.717, 1.165) is 50.5 Å². The summed E-state index contributed by atoms with van der Waals surface area (Å²) in [5.74, 6) is 1.93. The number of halogens is 1. The van der Waals surface area contributed by atoms with Crippen LogP contribution < -0.4 is 9.47 Å². The predicted octanol–water partition coefficient (Wildman–Crippen LogP) is 6.05. The molecule has 31 heavy (non-hydrogen) atoms. The highest BCUT2D eigenvalue weighted by Gasteiger charge is 2.18. The van der Waals surface area contributed by atoms with E-state index in [2.05, 4.69) is 9.97 Å². The molecule has 3 aromatic carbocycles. The van der Waals surface area contributed by atoms with Crippen LogP contribution in [0.2, 0.25) is 0 Å². The molecule has 0 amide bonds. The summed E-state index contributed by atoms with van der Waals surface area (Å²) < 4.78 is 24.1. The Kier molecular flexibility index (Phi) is 4.67. The first-order valence-electron chi connectivity index (χ1n) is 9.82. The number of benzene rings is 3. The molecule has 0 spiro atoms. The average molecular weight is 413 g/mol. The lowest BCUT2D eigenvalue weighted by atomic mass is 10.0. The molecular weight excluding hydrogens is 393 g/mol. The molecule has 2 heterocycles. The van der Waals surface area contributed by atoms with Gasteiger partial charge in [-0.3, -0.25) is 0 Å². The van der Waals surface area contributed by atoms with Gasteiger partial charge in [-0.05, 0) is 66.7 Å². The van der Waals surface area contributed by atoms with Crippen LogP contribution in [0.5, 0.6) is 11.5 Å². The van der Waals surface area contributed by atoms with Crippen LogP contribution in [0.25, 0.3) is 44.8 Å². The van der Waals surface area contributed by atoms with Crippen LogP contribution in [0.4, 0.5) is 4.39 Å². The number of imidazole rings is 1. The average Bonchev–Trinajstić information content (AvgIpc) is 3.43. The number of ether oxygens (including phenoxy) is 2. The molecule has 0 aliphatic carbocycles. The van der Waals surface area contributed by atoms with Gasteiger partial charge >= 0.3 is 0 Å². The maximum Gasteiger partial charge on any atom is 0.138 e. The van der Waals surface area contributed by atoms with Gasteiger partial charge in [-0.1, -0.05) is 0 Å². The molecule has 0 fully saturated rings. The molecule has 0 saturated carbocycles. The molecule has 0 radical (unpaired) electrons. The number of hydrogen-bond acceptors (Lipinski definition) is 3. The van der Waals surface area contributed by atoms with Crippen molar-refractivity contribution in [3.8, 4) is 45.4 Å². The Balaban J connectivity index is 1.72. The van der Waals surface area contributed by atoms with Crippen molar-refractivity contribution in [2.45, 2.75) is 0 Å². The van der Waals surface area contributed by atoms with Crippen molar-refractivity contribution in [1.29, 1.82) is 0 Å². The predicted molar refractivity (Wildman–Crippen MR) is 120 cm³/mol. The van der Waals surface area contributed by atoms with E-state index in [-0.39, 0.29) is 5.82 Å². The van der Waals surface area contributed by atoms with E-state index in [4.69, 9.17) is 14.5 Å². The number of hydrogen-bond donors (Lipinski definition) is 2. The Morgan fingerprint density at radius 2 is 1.48 bits per heavy atom. The summed E-state index contributed by atoms with van der Waals surface area (Å²) in [7, 11) is 3.29. The molecule has 2 N–H and O–H groups in total. The minimum atomic E-state index is -0.283. The van der Waals surface area contributed by atoms with E-state index in [9.17, 15) is 4.39 Å². The third-order valence-electron chi connectivity index (χ3n) is 5.34. The second-order valence-corrected chi connectivity index (χ2v) is 7.16. The van der Waals surface area contributed by atoms with Crippen molar-refractivity contribution in [3.63, 3.8) is 0 Å². The lowest BCUT2D eigenvalue weighted by molar-refractivity contribution is 0.415. The first-order valence-corrected chi connectivity index (χ1v) is 9.82. The fourth-order valence-corrected chi connectivity index (χ4v) is 3.70. The van der Waals surface area contributed by atoms with Gasteiger partial charge < -0.3 is 19.4 Å². The van der Waals surface area contributed by atoms with Gasteiger partial charge in [-0.2, -0.15) is 0 Å². The quantitative estimate of drug-likeness (QED) is 0.369. The zero-order chi connectivity index (χ0) is 21.4. The van der Waals surface area contributed by atoms with Crippen LogP contribution in [0.15, 0.2) is 72.9 Å². The van der Waals surface area contributed by atoms with Crippen molar-refractivity contribution in [2.75, 3.05) is 14.2 Å². The summed E-state index contributed by atoms with van der Waals surface area (Å²) in [5, 5.41) is 1.02. The Hall–Kier alpha value is -4.06. The van der Waals surface area contributed by atoms with E-state index in [1.54, 1.807) is 26.4 Å². The van der Waals surface area contributed by atoms with Crippen LogP contribution in [0, 0.1) is 5.82 Å². The molecule has 0 atom stereocenters. The van der Waals surface area contributed by atoms with E-state index >= 15 is 0 Å². The summed E-state index contributed by atoms with van der Waals surface area (Å²) in [6.07, 6.45) is 1.96. The van der Waals surface area contributed by atoms with E-state index in [0.29, 0.717) is 5.82 Å². The van der Waals surface area contributed by atoms with Crippen LogP contribution >= 0.6 is 0 Å². The van der Waals surface area contributed by atoms with Crippen molar-refractivity contribution in [2.24, 2.45) is 0 Å². The largest absolute Gasteiger partial charge is 0.497 e. The van der Waals surface area contributed by atoms with Gasteiger partial charge in [0.05, 0.1) is 25.6 Å². The first-order chi connectivity index (χ1) is 15.2. The molecular formula is C25H20FN3O2. The maximum absolute atomic E-state index is 13.4. The summed E-state index contributed by atoms with van der Waals surface area (Å²) in [6.45, 7) is 0. The van der Waals surface area contributed by atoms with Crippen LogP contribution in [-0.2, 0) is 0 Å². The van der Waals surface area contributed by atoms with Gasteiger partial charge in [0.2, 0.25) is 0 Å². The van der Waals surface area contributed by atoms with E-state index in [1.807, 2.05) is 48.7 Å². The standard InChI is InChI=1S/C25H20FN3O2/c1-30-18-9-5-15(6-10-18)23-24(29-25(28-23)16-3-7-17(26)8-4-16)21-14-27-22-12-11-19(31-2)13-20(21)22/h3-14,27H,1-2H3,(H,28,29). The third kappa shape index (κ3) is 3.42. The highest BCUT2D eigenvalue weighted by molar-refractivity contribution is 5.99. The van der Waals surface area contributed by atoms with Crippen LogP contribution in [0.3, 0.4) is 0 Å². The Morgan fingerprint density at radius 1 is 0.806 bits per heavy atom. The topological polar surface area (TPSA) is 62.9 Å². The third-order valence-corrected chi connectivity index (χ3v) is 5.34. The van der Waals surface area contributed by atoms with Crippen molar-refractivity contribution >= 4 is 10.9 Å². The lowest BCUT2D eigenvalue weighted by Gasteiger charge is -2.05. The molecule has 5 nitrogen and oxygen atoms in total. The smallest absolute Gasteiger partial charge is 0.138 e. The molecule has 6 heteroatoms. The maximum atomic E-state index is 13.4. The fraction of sp³-hybridized carbons (Fsp3) is 0.0800. The summed E-state index contributed by atoms with van der Waals surface area (Å²) >= 11 is 0. The van der Waals surface area contributed by atoms with Crippen molar-refractivity contribution in [3.05, 3.63) is 78.7 Å². The highest BCUT2D eigenvalue weighted by atomic mass is 19.1. The van der Waals surface area contributed by atoms with Gasteiger partial charge in [0.1, 0.15) is 23.1 Å². The Morgan fingerprint density at radius 3 is 2.19 bits per heavy atom. The van der Waals surface area contributed by atoms with E-state index < -0.39 is 0 Å². The second kappa shape index (κ2) is 7.65. The number of rotatable bonds is 5. The summed E-state index contributed by atoms with van der Waals surface area (Å²) in [6, 6.07) is 20.0. The number of nitrogens with zero attached hydrogens (tertiary/aromatic N) is 1. The monoisotopic (exact) mass is 413 g/mol. The Labute approximate surface area is 178 Å². The normalized spacial score (nSPS) is 11.1. The zero-order valence-corrected chi connectivity index (χ0v) is 17.1. The van der Waals surface area contributed by atoms with Gasteiger partial charge in [-0.25, -0.2) is 9.37 Å². The zero-order valence-electron chi connectivity index (χ0n) is 17.1. The minimum Gasteiger partial charge on any atom is -0.497 e. The number of aromatic amines is 2. The molecule has 2 aromatic heterocycles. The van der Waals surface area contributed by atoms with E-state index in [1.165, 1.54) is 12.1 Å². The molecule has 0 saturated heterocycles. The number of methoxy groups -OCH3 is 2. The van der Waals surface area contributed by atoms with Crippen LogP contribution in [-0.4, -0.2) is 29.2 Å². The fourth-order valence-electron chi connectivity index (χ4n) is 3.70. The minimum absolute atomic E-state index is 0.283. The summed E-state index contributed by atoms with van der Waals surface area (Å²) in [4.78, 5) is 11.6. The molecule has 154 valence electrons. The van der Waals surface area contributed by atoms with Crippen molar-refractivity contribution < 1.29 is 13.9 Å². The van der Waals surface area contributed by atoms with Crippen LogP contribution in [0.1, 0.15) is 0 Å². The number of fused-ring (bicyclic) bond motifs is 1. The van der Waals surface area contributed by atoms with Gasteiger partial charge in [0, 0.05) is 33.8 Å². The van der Waals surface area contributed by atoms with Crippen molar-refractivity contribution in [1.82, 2.24) is 15.0 Å². The first kappa shape index (κ1) is 18.9. The second-order valence-electron chi connectivity index (χ2n) is 7.16. The summed E-state index contributed by atoms with van der Waals surface area (Å²) in [5.41, 5.74) is 5.38. The van der Waals surface area contributed by atoms with Gasteiger partial charge in [-0.15, -0.1) is 0 Å². The number of aromatic nitrogens is 3. The van der Waals surface area contributed by atoms with Gasteiger partial charge in [0.25, 0.3) is 0 Å². The molecule has 0 aliphatic rings. The molecule has 0 aliphatic heterocycles. The highest BCUT2D eigenvalue weighted by Crippen LogP contribution is 2.38. The molecule has 5 rings (SSSR count). The number of nitrogens with one attached hydrogen (secondary N) is 2. The lowest BCUT2D eigenvalue weighted by Crippen LogP contribution is -1.86. The van der Waals surface area contributed by atoms with Gasteiger partial charge in [0.15, 0.2) is 0 Å². The Bertz CT molecular complexity index is 1350.